The van der Waals surface area contributed by atoms with Crippen molar-refractivity contribution in [1.29, 1.82) is 0 Å². The van der Waals surface area contributed by atoms with Crippen molar-refractivity contribution in [3.8, 4) is 5.75 Å². The molecule has 9 heteroatoms. The molecule has 0 radical (unpaired) electrons. The standard InChI is InChI=1S/C30H37FN4O4/c31-24-11-9-23(10-12-24)21-34-27(36)22-35-18-14-30(15-19-35)13-4-1-5-20-39-26-8-3-2-7-25(26)28(37)32-16-6-17-33-29(30)38/h1-4,7-12H,5-6,13-22H2,(H,32,37)(H,33,38)(H,34,36)/b4-1-. The smallest absolute Gasteiger partial charge is 0.255 e. The van der Waals surface area contributed by atoms with Crippen molar-refractivity contribution < 1.29 is 23.5 Å². The van der Waals surface area contributed by atoms with E-state index < -0.39 is 5.41 Å². The molecule has 2 heterocycles. The number of carbonyl (C=O) groups is 3. The maximum atomic E-state index is 13.3. The number of nitrogens with zero attached hydrogens (tertiary/aromatic N) is 1. The van der Waals surface area contributed by atoms with E-state index in [0.717, 1.165) is 5.56 Å². The summed E-state index contributed by atoms with van der Waals surface area (Å²) in [6.45, 7) is 3.23. The third kappa shape index (κ3) is 8.13. The van der Waals surface area contributed by atoms with Gasteiger partial charge in [-0.3, -0.25) is 19.3 Å². The maximum absolute atomic E-state index is 13.3. The van der Waals surface area contributed by atoms with Gasteiger partial charge in [0.15, 0.2) is 0 Å². The van der Waals surface area contributed by atoms with E-state index in [9.17, 15) is 18.8 Å². The van der Waals surface area contributed by atoms with E-state index in [1.807, 2.05) is 18.2 Å². The van der Waals surface area contributed by atoms with Crippen LogP contribution in [0.3, 0.4) is 0 Å². The Balaban J connectivity index is 1.31. The Morgan fingerprint density at radius 3 is 2.54 bits per heavy atom. The van der Waals surface area contributed by atoms with Crippen LogP contribution in [0.4, 0.5) is 4.39 Å². The molecule has 208 valence electrons. The van der Waals surface area contributed by atoms with E-state index >= 15 is 0 Å². The molecule has 3 N–H and O–H groups in total. The summed E-state index contributed by atoms with van der Waals surface area (Å²) in [7, 11) is 0. The van der Waals surface area contributed by atoms with Gasteiger partial charge < -0.3 is 20.7 Å². The van der Waals surface area contributed by atoms with Crippen LogP contribution in [0.5, 0.6) is 5.75 Å². The van der Waals surface area contributed by atoms with Gasteiger partial charge in [0.2, 0.25) is 11.8 Å². The number of likely N-dealkylation sites (tertiary alicyclic amines) is 1. The molecule has 0 saturated carbocycles. The number of ether oxygens (including phenoxy) is 1. The van der Waals surface area contributed by atoms with E-state index in [0.29, 0.717) is 82.7 Å². The van der Waals surface area contributed by atoms with Crippen LogP contribution in [0.1, 0.15) is 48.0 Å². The zero-order valence-electron chi connectivity index (χ0n) is 22.2. The number of fused-ring (bicyclic) bond motifs is 1. The molecular weight excluding hydrogens is 499 g/mol. The second-order valence-electron chi connectivity index (χ2n) is 10.1. The SMILES string of the molecule is O=C(CN1CCC2(C/C=C\CCOc3ccccc3C(=O)NCCCNC2=O)CC1)NCc1ccc(F)cc1. The molecule has 0 aromatic heterocycles. The number of allylic oxidation sites excluding steroid dienone is 1. The second kappa shape index (κ2) is 13.9. The molecule has 2 aliphatic rings. The Morgan fingerprint density at radius 2 is 1.74 bits per heavy atom. The lowest BCUT2D eigenvalue weighted by molar-refractivity contribution is -0.134. The van der Waals surface area contributed by atoms with Crippen molar-refractivity contribution >= 4 is 17.7 Å². The molecule has 4 rings (SSSR count). The van der Waals surface area contributed by atoms with Crippen LogP contribution >= 0.6 is 0 Å². The van der Waals surface area contributed by atoms with Gasteiger partial charge in [-0.2, -0.15) is 0 Å². The van der Waals surface area contributed by atoms with Gasteiger partial charge in [0.25, 0.3) is 5.91 Å². The molecule has 3 amide bonds. The number of rotatable bonds is 4. The van der Waals surface area contributed by atoms with E-state index in [1.165, 1.54) is 12.1 Å². The van der Waals surface area contributed by atoms with Crippen LogP contribution in [-0.2, 0) is 16.1 Å². The van der Waals surface area contributed by atoms with Crippen LogP contribution < -0.4 is 20.7 Å². The third-order valence-electron chi connectivity index (χ3n) is 7.34. The molecular formula is C30H37FN4O4. The summed E-state index contributed by atoms with van der Waals surface area (Å²) in [6, 6.07) is 13.3. The Morgan fingerprint density at radius 1 is 1.00 bits per heavy atom. The fourth-order valence-electron chi connectivity index (χ4n) is 4.94. The zero-order chi connectivity index (χ0) is 27.5. The van der Waals surface area contributed by atoms with Gasteiger partial charge >= 0.3 is 0 Å². The van der Waals surface area contributed by atoms with Crippen molar-refractivity contribution in [2.45, 2.75) is 38.6 Å². The van der Waals surface area contributed by atoms with Crippen LogP contribution in [0.2, 0.25) is 0 Å². The van der Waals surface area contributed by atoms with Gasteiger partial charge in [-0.25, -0.2) is 4.39 Å². The van der Waals surface area contributed by atoms with Gasteiger partial charge in [-0.05, 0) is 75.0 Å². The minimum Gasteiger partial charge on any atom is -0.492 e. The third-order valence-corrected chi connectivity index (χ3v) is 7.34. The van der Waals surface area contributed by atoms with Crippen molar-refractivity contribution in [3.05, 3.63) is 77.6 Å². The lowest BCUT2D eigenvalue weighted by Crippen LogP contribution is -2.50. The number of nitrogens with one attached hydrogen (secondary N) is 3. The first kappa shape index (κ1) is 28.3. The molecule has 1 fully saturated rings. The molecule has 2 aromatic rings. The highest BCUT2D eigenvalue weighted by atomic mass is 19.1. The summed E-state index contributed by atoms with van der Waals surface area (Å²) in [5.41, 5.74) is 0.809. The molecule has 2 aromatic carbocycles. The second-order valence-corrected chi connectivity index (χ2v) is 10.1. The van der Waals surface area contributed by atoms with Crippen molar-refractivity contribution in [2.24, 2.45) is 5.41 Å². The topological polar surface area (TPSA) is 99.8 Å². The van der Waals surface area contributed by atoms with Crippen molar-refractivity contribution in [1.82, 2.24) is 20.9 Å². The maximum Gasteiger partial charge on any atom is 0.255 e. The number of benzene rings is 2. The molecule has 8 nitrogen and oxygen atoms in total. The lowest BCUT2D eigenvalue weighted by atomic mass is 9.74. The number of halogens is 1. The van der Waals surface area contributed by atoms with Crippen LogP contribution in [-0.4, -0.2) is 62.0 Å². The monoisotopic (exact) mass is 536 g/mol. The Bertz CT molecular complexity index is 1160. The van der Waals surface area contributed by atoms with E-state index in [1.54, 1.807) is 24.3 Å². The molecule has 0 atom stereocenters. The van der Waals surface area contributed by atoms with Crippen LogP contribution in [0.15, 0.2) is 60.7 Å². The summed E-state index contributed by atoms with van der Waals surface area (Å²) in [5.74, 6) is -0.00550. The molecule has 0 bridgehead atoms. The predicted molar refractivity (Wildman–Crippen MR) is 147 cm³/mol. The Hall–Kier alpha value is -3.72. The molecule has 0 aliphatic carbocycles. The number of piperidine rings is 1. The average Bonchev–Trinajstić information content (AvgIpc) is 2.95. The largest absolute Gasteiger partial charge is 0.492 e. The fraction of sp³-hybridized carbons (Fsp3) is 0.433. The number of para-hydroxylation sites is 1. The highest BCUT2D eigenvalue weighted by molar-refractivity contribution is 5.96. The highest BCUT2D eigenvalue weighted by Crippen LogP contribution is 2.36. The quantitative estimate of drug-likeness (QED) is 0.522. The van der Waals surface area contributed by atoms with E-state index in [4.69, 9.17) is 4.74 Å². The zero-order valence-corrected chi connectivity index (χ0v) is 22.2. The van der Waals surface area contributed by atoms with Gasteiger partial charge in [-0.15, -0.1) is 0 Å². The van der Waals surface area contributed by atoms with E-state index in [2.05, 4.69) is 26.9 Å². The lowest BCUT2D eigenvalue weighted by Gasteiger charge is -2.40. The Labute approximate surface area is 229 Å². The number of hydrogen-bond donors (Lipinski definition) is 3. The summed E-state index contributed by atoms with van der Waals surface area (Å²) >= 11 is 0. The first-order valence-electron chi connectivity index (χ1n) is 13.6. The van der Waals surface area contributed by atoms with Crippen LogP contribution in [0, 0.1) is 11.2 Å². The molecule has 1 saturated heterocycles. The minimum atomic E-state index is -0.536. The number of amides is 3. The normalized spacial score (nSPS) is 19.7. The fourth-order valence-corrected chi connectivity index (χ4v) is 4.94. The van der Waals surface area contributed by atoms with Crippen molar-refractivity contribution in [3.63, 3.8) is 0 Å². The molecule has 1 spiro atoms. The molecule has 39 heavy (non-hydrogen) atoms. The van der Waals surface area contributed by atoms with Gasteiger partial charge in [0.1, 0.15) is 11.6 Å². The van der Waals surface area contributed by atoms with Gasteiger partial charge in [0.05, 0.1) is 24.1 Å². The van der Waals surface area contributed by atoms with E-state index in [-0.39, 0.29) is 30.1 Å². The minimum absolute atomic E-state index is 0.0209. The summed E-state index contributed by atoms with van der Waals surface area (Å²) in [4.78, 5) is 40.5. The number of hydrogen-bond acceptors (Lipinski definition) is 5. The average molecular weight is 537 g/mol. The van der Waals surface area contributed by atoms with Gasteiger partial charge in [0, 0.05) is 19.6 Å². The van der Waals surface area contributed by atoms with Crippen molar-refractivity contribution in [2.75, 3.05) is 39.3 Å². The summed E-state index contributed by atoms with van der Waals surface area (Å²) < 4.78 is 19.0. The highest BCUT2D eigenvalue weighted by Gasteiger charge is 2.40. The van der Waals surface area contributed by atoms with Gasteiger partial charge in [-0.1, -0.05) is 36.4 Å². The predicted octanol–water partition coefficient (Wildman–Crippen LogP) is 3.19. The summed E-state index contributed by atoms with van der Waals surface area (Å²) in [5, 5.41) is 8.88. The molecule has 0 unspecified atom stereocenters. The Kier molecular flexibility index (Phi) is 10.1. The van der Waals surface area contributed by atoms with Crippen LogP contribution in [0.25, 0.3) is 0 Å². The summed E-state index contributed by atoms with van der Waals surface area (Å²) in [6.07, 6.45) is 7.28. The first-order chi connectivity index (χ1) is 18.9. The first-order valence-corrected chi connectivity index (χ1v) is 13.6. The number of carbonyl (C=O) groups excluding carboxylic acids is 3. The molecule has 2 aliphatic heterocycles.